The molecule has 90 valence electrons. The molecule has 16 heavy (non-hydrogen) atoms. The number of carboxylic acid groups (broad SMARTS) is 1. The highest BCUT2D eigenvalue weighted by molar-refractivity contribution is 5.86. The average Bonchev–Trinajstić information content (AvgIpc) is 3.06. The zero-order chi connectivity index (χ0) is 11.7. The highest BCUT2D eigenvalue weighted by Crippen LogP contribution is 2.54. The van der Waals surface area contributed by atoms with Gasteiger partial charge in [-0.05, 0) is 37.5 Å². The number of carbonyl (C=O) groups excluding carboxylic acids is 1. The molecule has 2 aliphatic rings. The summed E-state index contributed by atoms with van der Waals surface area (Å²) in [6.07, 6.45) is 4.77. The van der Waals surface area contributed by atoms with Crippen LogP contribution in [0, 0.1) is 17.8 Å². The lowest BCUT2D eigenvalue weighted by atomic mass is 10.1. The molecule has 2 fully saturated rings. The molecule has 0 unspecified atom stereocenters. The second-order valence-corrected chi connectivity index (χ2v) is 5.03. The first-order chi connectivity index (χ1) is 7.63. The molecule has 4 heteroatoms. The van der Waals surface area contributed by atoms with Crippen molar-refractivity contribution in [2.45, 2.75) is 45.1 Å². The van der Waals surface area contributed by atoms with Crippen molar-refractivity contribution >= 4 is 11.9 Å². The normalized spacial score (nSPS) is 29.6. The quantitative estimate of drug-likeness (QED) is 0.718. The second kappa shape index (κ2) is 4.44. The van der Waals surface area contributed by atoms with E-state index in [1.54, 1.807) is 0 Å². The van der Waals surface area contributed by atoms with Gasteiger partial charge in [-0.2, -0.15) is 0 Å². The summed E-state index contributed by atoms with van der Waals surface area (Å²) in [5.74, 6) is 0.448. The van der Waals surface area contributed by atoms with Gasteiger partial charge in [0.15, 0.2) is 0 Å². The third-order valence-electron chi connectivity index (χ3n) is 3.60. The molecule has 0 radical (unpaired) electrons. The van der Waals surface area contributed by atoms with Crippen LogP contribution in [0.2, 0.25) is 0 Å². The molecule has 0 bridgehead atoms. The van der Waals surface area contributed by atoms with Gasteiger partial charge >= 0.3 is 5.97 Å². The van der Waals surface area contributed by atoms with Crippen LogP contribution in [0.1, 0.15) is 39.0 Å². The van der Waals surface area contributed by atoms with Crippen LogP contribution in [0.5, 0.6) is 0 Å². The molecular formula is C12H19NO3. The van der Waals surface area contributed by atoms with E-state index in [0.717, 1.165) is 18.8 Å². The van der Waals surface area contributed by atoms with Crippen molar-refractivity contribution < 1.29 is 14.7 Å². The van der Waals surface area contributed by atoms with E-state index >= 15 is 0 Å². The van der Waals surface area contributed by atoms with Crippen LogP contribution < -0.4 is 5.32 Å². The van der Waals surface area contributed by atoms with Crippen molar-refractivity contribution in [3.8, 4) is 0 Å². The van der Waals surface area contributed by atoms with Crippen molar-refractivity contribution in [2.75, 3.05) is 0 Å². The zero-order valence-electron chi connectivity index (χ0n) is 9.61. The minimum atomic E-state index is -0.918. The van der Waals surface area contributed by atoms with Gasteiger partial charge in [0, 0.05) is 5.92 Å². The Morgan fingerprint density at radius 3 is 2.62 bits per heavy atom. The van der Waals surface area contributed by atoms with Crippen LogP contribution in [0.3, 0.4) is 0 Å². The Hall–Kier alpha value is -1.06. The first-order valence-electron chi connectivity index (χ1n) is 6.16. The molecule has 2 N–H and O–H groups in total. The van der Waals surface area contributed by atoms with E-state index < -0.39 is 12.0 Å². The van der Waals surface area contributed by atoms with Gasteiger partial charge in [-0.25, -0.2) is 4.79 Å². The van der Waals surface area contributed by atoms with Crippen LogP contribution in [-0.4, -0.2) is 23.0 Å². The third-order valence-corrected chi connectivity index (χ3v) is 3.60. The summed E-state index contributed by atoms with van der Waals surface area (Å²) >= 11 is 0. The minimum absolute atomic E-state index is 0.0437. The molecule has 0 aromatic rings. The molecule has 3 atom stereocenters. The van der Waals surface area contributed by atoms with E-state index in [1.807, 2.05) is 6.92 Å². The predicted molar refractivity (Wildman–Crippen MR) is 58.8 cm³/mol. The Morgan fingerprint density at radius 2 is 2.12 bits per heavy atom. The van der Waals surface area contributed by atoms with Crippen molar-refractivity contribution in [1.82, 2.24) is 5.32 Å². The van der Waals surface area contributed by atoms with Gasteiger partial charge in [-0.3, -0.25) is 4.79 Å². The first-order valence-corrected chi connectivity index (χ1v) is 6.16. The molecule has 0 aromatic carbocycles. The summed E-state index contributed by atoms with van der Waals surface area (Å²) < 4.78 is 0. The number of aliphatic carboxylic acids is 1. The lowest BCUT2D eigenvalue weighted by Crippen LogP contribution is -2.41. The Morgan fingerprint density at radius 1 is 1.44 bits per heavy atom. The largest absolute Gasteiger partial charge is 0.480 e. The van der Waals surface area contributed by atoms with Gasteiger partial charge in [0.25, 0.3) is 0 Å². The van der Waals surface area contributed by atoms with Crippen LogP contribution in [0.15, 0.2) is 0 Å². The van der Waals surface area contributed by atoms with Gasteiger partial charge in [0.2, 0.25) is 5.91 Å². The van der Waals surface area contributed by atoms with Gasteiger partial charge in [-0.1, -0.05) is 13.3 Å². The predicted octanol–water partition coefficient (Wildman–Crippen LogP) is 1.40. The number of hydrogen-bond donors (Lipinski definition) is 2. The molecule has 2 saturated carbocycles. The maximum Gasteiger partial charge on any atom is 0.326 e. The molecule has 2 aliphatic carbocycles. The molecule has 4 nitrogen and oxygen atoms in total. The van der Waals surface area contributed by atoms with Crippen LogP contribution in [0.25, 0.3) is 0 Å². The van der Waals surface area contributed by atoms with Crippen LogP contribution >= 0.6 is 0 Å². The van der Waals surface area contributed by atoms with Crippen LogP contribution in [0.4, 0.5) is 0 Å². The summed E-state index contributed by atoms with van der Waals surface area (Å²) in [7, 11) is 0. The van der Waals surface area contributed by atoms with E-state index in [1.165, 1.54) is 12.8 Å². The number of nitrogens with one attached hydrogen (secondary N) is 1. The van der Waals surface area contributed by atoms with Gasteiger partial charge < -0.3 is 10.4 Å². The van der Waals surface area contributed by atoms with E-state index in [4.69, 9.17) is 5.11 Å². The zero-order valence-corrected chi connectivity index (χ0v) is 9.61. The highest BCUT2D eigenvalue weighted by Gasteiger charge is 2.51. The monoisotopic (exact) mass is 225 g/mol. The summed E-state index contributed by atoms with van der Waals surface area (Å²) in [6, 6.07) is -0.696. The standard InChI is InChI=1S/C12H19NO3/c1-2-3-10(12(15)16)13-11(14)9-6-8(9)7-4-5-7/h7-10H,2-6H2,1H3,(H,13,14)(H,15,16)/t8-,9+,10+/m1/s1. The number of rotatable bonds is 6. The maximum absolute atomic E-state index is 11.8. The molecular weight excluding hydrogens is 206 g/mol. The Bertz CT molecular complexity index is 299. The van der Waals surface area contributed by atoms with E-state index in [9.17, 15) is 9.59 Å². The van der Waals surface area contributed by atoms with E-state index in [-0.39, 0.29) is 11.8 Å². The Balaban J connectivity index is 1.79. The molecule has 0 aromatic heterocycles. The fourth-order valence-electron chi connectivity index (χ4n) is 2.39. The first kappa shape index (κ1) is 11.4. The van der Waals surface area contributed by atoms with Gasteiger partial charge in [0.1, 0.15) is 6.04 Å². The number of carbonyl (C=O) groups is 2. The van der Waals surface area contributed by atoms with Gasteiger partial charge in [0.05, 0.1) is 0 Å². The minimum Gasteiger partial charge on any atom is -0.480 e. The molecule has 2 rings (SSSR count). The molecule has 0 spiro atoms. The molecule has 0 aliphatic heterocycles. The maximum atomic E-state index is 11.8. The van der Waals surface area contributed by atoms with Crippen molar-refractivity contribution in [3.63, 3.8) is 0 Å². The Kier molecular flexibility index (Phi) is 3.17. The Labute approximate surface area is 95.4 Å². The van der Waals surface area contributed by atoms with Crippen molar-refractivity contribution in [2.24, 2.45) is 17.8 Å². The van der Waals surface area contributed by atoms with E-state index in [2.05, 4.69) is 5.32 Å². The average molecular weight is 225 g/mol. The molecule has 0 heterocycles. The number of amides is 1. The second-order valence-electron chi connectivity index (χ2n) is 5.03. The SMILES string of the molecule is CCC[C@H](NC(=O)[C@H]1C[C@@H]1C1CC1)C(=O)O. The summed E-state index contributed by atoms with van der Waals surface area (Å²) in [4.78, 5) is 22.6. The van der Waals surface area contributed by atoms with Crippen LogP contribution in [-0.2, 0) is 9.59 Å². The van der Waals surface area contributed by atoms with E-state index in [0.29, 0.717) is 12.3 Å². The summed E-state index contributed by atoms with van der Waals surface area (Å²) in [5.41, 5.74) is 0. The van der Waals surface area contributed by atoms with Gasteiger partial charge in [-0.15, -0.1) is 0 Å². The smallest absolute Gasteiger partial charge is 0.326 e. The lowest BCUT2D eigenvalue weighted by Gasteiger charge is -2.13. The van der Waals surface area contributed by atoms with Crippen molar-refractivity contribution in [1.29, 1.82) is 0 Å². The fraction of sp³-hybridized carbons (Fsp3) is 0.833. The topological polar surface area (TPSA) is 66.4 Å². The summed E-state index contributed by atoms with van der Waals surface area (Å²) in [6.45, 7) is 1.92. The molecule has 1 amide bonds. The fourth-order valence-corrected chi connectivity index (χ4v) is 2.39. The third kappa shape index (κ3) is 2.54. The molecule has 0 saturated heterocycles. The number of hydrogen-bond acceptors (Lipinski definition) is 2. The van der Waals surface area contributed by atoms with Crippen molar-refractivity contribution in [3.05, 3.63) is 0 Å². The summed E-state index contributed by atoms with van der Waals surface area (Å²) in [5, 5.41) is 11.6. The number of carboxylic acids is 1. The lowest BCUT2D eigenvalue weighted by molar-refractivity contribution is -0.142. The highest BCUT2D eigenvalue weighted by atomic mass is 16.4.